The van der Waals surface area contributed by atoms with E-state index in [0.29, 0.717) is 22.3 Å². The third-order valence-electron chi connectivity index (χ3n) is 4.60. The average molecular weight is 504 g/mol. The molecule has 1 amide bonds. The van der Waals surface area contributed by atoms with Gasteiger partial charge in [0.15, 0.2) is 10.9 Å². The van der Waals surface area contributed by atoms with Crippen molar-refractivity contribution in [3.63, 3.8) is 0 Å². The van der Waals surface area contributed by atoms with E-state index in [1.54, 1.807) is 12.1 Å². The number of aromatic nitrogens is 5. The number of carbonyl (C=O) groups excluding carboxylic acids is 1. The van der Waals surface area contributed by atoms with E-state index in [-0.39, 0.29) is 23.7 Å². The molecule has 0 aliphatic heterocycles. The van der Waals surface area contributed by atoms with Crippen LogP contribution in [0, 0.1) is 13.8 Å². The summed E-state index contributed by atoms with van der Waals surface area (Å²) in [6.07, 6.45) is -3.31. The second kappa shape index (κ2) is 10.2. The van der Waals surface area contributed by atoms with Gasteiger partial charge in [0.2, 0.25) is 0 Å². The highest BCUT2D eigenvalue weighted by molar-refractivity contribution is 7.98. The molecule has 0 radical (unpaired) electrons. The minimum absolute atomic E-state index is 0.0593. The number of nitrogens with zero attached hydrogens (tertiary/aromatic N) is 5. The van der Waals surface area contributed by atoms with Crippen LogP contribution in [0.4, 0.5) is 13.2 Å². The lowest BCUT2D eigenvalue weighted by molar-refractivity contribution is -0.274. The van der Waals surface area contributed by atoms with Crippen molar-refractivity contribution in [2.75, 3.05) is 0 Å². The molecule has 35 heavy (non-hydrogen) atoms. The van der Waals surface area contributed by atoms with E-state index < -0.39 is 12.3 Å². The van der Waals surface area contributed by atoms with Crippen molar-refractivity contribution < 1.29 is 27.1 Å². The van der Waals surface area contributed by atoms with Crippen molar-refractivity contribution in [2.45, 2.75) is 37.7 Å². The summed E-state index contributed by atoms with van der Waals surface area (Å²) in [7, 11) is 0. The number of hydrogen-bond donors (Lipinski definition) is 1. The van der Waals surface area contributed by atoms with Crippen LogP contribution in [-0.4, -0.2) is 37.2 Å². The molecule has 0 spiro atoms. The first kappa shape index (κ1) is 24.3. The maximum Gasteiger partial charge on any atom is 0.573 e. The Kier molecular flexibility index (Phi) is 7.05. The zero-order chi connectivity index (χ0) is 25.0. The Morgan fingerprint density at radius 3 is 2.49 bits per heavy atom. The number of hydrogen-bond acceptors (Lipinski definition) is 8. The number of carbonyl (C=O) groups is 1. The van der Waals surface area contributed by atoms with Gasteiger partial charge in [-0.1, -0.05) is 17.0 Å². The summed E-state index contributed by atoms with van der Waals surface area (Å²) in [5.74, 6) is -0.0790. The molecule has 9 nitrogen and oxygen atoms in total. The highest BCUT2D eigenvalue weighted by Gasteiger charge is 2.31. The molecule has 0 unspecified atom stereocenters. The van der Waals surface area contributed by atoms with Gasteiger partial charge in [0.05, 0.1) is 24.2 Å². The first-order valence-electron chi connectivity index (χ1n) is 10.2. The Hall–Kier alpha value is -3.87. The van der Waals surface area contributed by atoms with Gasteiger partial charge < -0.3 is 14.5 Å². The zero-order valence-corrected chi connectivity index (χ0v) is 19.4. The number of rotatable bonds is 8. The van der Waals surface area contributed by atoms with Crippen LogP contribution < -0.4 is 10.1 Å². The van der Waals surface area contributed by atoms with Gasteiger partial charge in [-0.15, -0.1) is 18.3 Å². The Balaban J connectivity index is 1.61. The van der Waals surface area contributed by atoms with Gasteiger partial charge in [-0.2, -0.15) is 0 Å². The predicted octanol–water partition coefficient (Wildman–Crippen LogP) is 4.39. The highest BCUT2D eigenvalue weighted by Crippen LogP contribution is 2.26. The van der Waals surface area contributed by atoms with Crippen molar-refractivity contribution >= 4 is 17.7 Å². The van der Waals surface area contributed by atoms with Gasteiger partial charge in [0.25, 0.3) is 5.91 Å². The maximum absolute atomic E-state index is 12.9. The van der Waals surface area contributed by atoms with Crippen LogP contribution in [0.25, 0.3) is 5.69 Å². The third-order valence-corrected chi connectivity index (χ3v) is 5.45. The number of alkyl halides is 3. The van der Waals surface area contributed by atoms with Gasteiger partial charge in [-0.3, -0.25) is 4.79 Å². The van der Waals surface area contributed by atoms with Gasteiger partial charge in [-0.25, -0.2) is 14.6 Å². The molecule has 13 heteroatoms. The minimum Gasteiger partial charge on any atom is -0.467 e. The second-order valence-corrected chi connectivity index (χ2v) is 8.26. The van der Waals surface area contributed by atoms with Crippen molar-refractivity contribution in [3.05, 3.63) is 77.3 Å². The Morgan fingerprint density at radius 2 is 1.86 bits per heavy atom. The number of furan rings is 1. The smallest absolute Gasteiger partial charge is 0.467 e. The van der Waals surface area contributed by atoms with Crippen molar-refractivity contribution in [1.82, 2.24) is 30.3 Å². The van der Waals surface area contributed by atoms with E-state index in [0.717, 1.165) is 23.5 Å². The van der Waals surface area contributed by atoms with E-state index in [2.05, 4.69) is 30.3 Å². The number of ether oxygens (including phenoxy) is 1. The van der Waals surface area contributed by atoms with Crippen LogP contribution in [0.3, 0.4) is 0 Å². The topological polar surface area (TPSA) is 108 Å². The lowest BCUT2D eigenvalue weighted by Crippen LogP contribution is -2.24. The zero-order valence-electron chi connectivity index (χ0n) is 18.5. The summed E-state index contributed by atoms with van der Waals surface area (Å²) in [6, 6.07) is 10.4. The first-order valence-corrected chi connectivity index (χ1v) is 11.2. The minimum atomic E-state index is -4.80. The molecule has 0 bridgehead atoms. The van der Waals surface area contributed by atoms with Crippen LogP contribution in [0.5, 0.6) is 5.75 Å². The molecule has 4 aromatic rings. The monoisotopic (exact) mass is 504 g/mol. The number of nitrogens with one attached hydrogen (secondary N) is 1. The highest BCUT2D eigenvalue weighted by atomic mass is 32.2. The molecular weight excluding hydrogens is 485 g/mol. The Morgan fingerprint density at radius 1 is 1.14 bits per heavy atom. The van der Waals surface area contributed by atoms with E-state index >= 15 is 0 Å². The van der Waals surface area contributed by atoms with Gasteiger partial charge in [0, 0.05) is 17.1 Å². The number of thioether (sulfide) groups is 1. The number of benzene rings is 1. The van der Waals surface area contributed by atoms with Crippen molar-refractivity contribution in [2.24, 2.45) is 0 Å². The Bertz CT molecular complexity index is 1290. The number of halogens is 3. The lowest BCUT2D eigenvalue weighted by Gasteiger charge is -2.11. The average Bonchev–Trinajstić information content (AvgIpc) is 3.45. The number of amides is 1. The summed E-state index contributed by atoms with van der Waals surface area (Å²) in [4.78, 5) is 21.7. The van der Waals surface area contributed by atoms with Crippen LogP contribution >= 0.6 is 11.8 Å². The molecule has 182 valence electrons. The second-order valence-electron chi connectivity index (χ2n) is 7.32. The molecule has 1 N–H and O–H groups in total. The fraction of sp³-hybridized carbons (Fsp3) is 0.227. The normalized spacial score (nSPS) is 11.5. The summed E-state index contributed by atoms with van der Waals surface area (Å²) >= 11 is 1.28. The van der Waals surface area contributed by atoms with Crippen LogP contribution in [0.15, 0.2) is 58.3 Å². The molecule has 4 rings (SSSR count). The third kappa shape index (κ3) is 6.38. The molecule has 0 atom stereocenters. The van der Waals surface area contributed by atoms with Crippen LogP contribution in [0.2, 0.25) is 0 Å². The van der Waals surface area contributed by atoms with E-state index in [9.17, 15) is 18.0 Å². The summed E-state index contributed by atoms with van der Waals surface area (Å²) in [5, 5.41) is 11.3. The maximum atomic E-state index is 12.9. The van der Waals surface area contributed by atoms with E-state index in [4.69, 9.17) is 4.42 Å². The van der Waals surface area contributed by atoms with Gasteiger partial charge in [-0.05, 0) is 56.3 Å². The van der Waals surface area contributed by atoms with E-state index in [1.807, 2.05) is 19.9 Å². The summed E-state index contributed by atoms with van der Waals surface area (Å²) in [5.41, 5.74) is 2.46. The SMILES string of the molecule is Cc1cc(C)nc(SCc2c(C(=O)NCc3ccco3)nnn2-c2ccc(OC(F)(F)F)cc2)n1. The van der Waals surface area contributed by atoms with Gasteiger partial charge in [0.1, 0.15) is 11.5 Å². The van der Waals surface area contributed by atoms with Crippen LogP contribution in [0.1, 0.15) is 33.3 Å². The summed E-state index contributed by atoms with van der Waals surface area (Å²) < 4.78 is 48.0. The molecule has 3 aromatic heterocycles. The molecule has 0 fully saturated rings. The fourth-order valence-electron chi connectivity index (χ4n) is 3.16. The first-order chi connectivity index (χ1) is 16.7. The molecule has 0 saturated heterocycles. The Labute approximate surface area is 201 Å². The predicted molar refractivity (Wildman–Crippen MR) is 119 cm³/mol. The molecule has 0 aliphatic rings. The molecular formula is C22H19F3N6O3S. The molecule has 0 saturated carbocycles. The quantitative estimate of drug-likeness (QED) is 0.278. The fourth-order valence-corrected chi connectivity index (χ4v) is 4.10. The molecule has 0 aliphatic carbocycles. The van der Waals surface area contributed by atoms with Crippen molar-refractivity contribution in [3.8, 4) is 11.4 Å². The summed E-state index contributed by atoms with van der Waals surface area (Å²) in [6.45, 7) is 3.85. The molecule has 3 heterocycles. The largest absolute Gasteiger partial charge is 0.573 e. The standard InChI is InChI=1S/C22H19F3N6O3S/c1-13-10-14(2)28-21(27-13)35-12-18-19(20(32)26-11-17-4-3-9-33-17)29-30-31(18)15-5-7-16(8-6-15)34-22(23,24)25/h3-10H,11-12H2,1-2H3,(H,26,32). The van der Waals surface area contributed by atoms with Crippen molar-refractivity contribution in [1.29, 1.82) is 0 Å². The van der Waals surface area contributed by atoms with Crippen LogP contribution in [-0.2, 0) is 12.3 Å². The number of aryl methyl sites for hydroxylation is 2. The van der Waals surface area contributed by atoms with Gasteiger partial charge >= 0.3 is 6.36 Å². The molecule has 1 aromatic carbocycles. The van der Waals surface area contributed by atoms with E-state index in [1.165, 1.54) is 34.8 Å². The lowest BCUT2D eigenvalue weighted by atomic mass is 10.2.